The van der Waals surface area contributed by atoms with E-state index in [-0.39, 0.29) is 84.0 Å². The molecule has 5 heterocycles. The number of aliphatic imine (C=N–C) groups is 1. The Labute approximate surface area is 289 Å². The minimum Gasteiger partial charge on any atom is -0.506 e. The van der Waals surface area contributed by atoms with Crippen LogP contribution in [0.15, 0.2) is 23.2 Å². The molecule has 0 spiro atoms. The Morgan fingerprint density at radius 3 is 2.39 bits per heavy atom. The van der Waals surface area contributed by atoms with Gasteiger partial charge in [-0.3, -0.25) is 4.79 Å². The van der Waals surface area contributed by atoms with E-state index >= 15 is 0 Å². The van der Waals surface area contributed by atoms with Crippen molar-refractivity contribution in [3.63, 3.8) is 0 Å². The van der Waals surface area contributed by atoms with E-state index in [2.05, 4.69) is 41.5 Å². The molecule has 4 fully saturated rings. The number of phenolic OH excluding ortho intramolecular Hbond substituents is 1. The van der Waals surface area contributed by atoms with Gasteiger partial charge in [-0.2, -0.15) is 15.0 Å². The number of unbranched alkanes of at least 4 members (excludes halogenated alkanes) is 1. The Kier molecular flexibility index (Phi) is 11.7. The molecule has 2 aromatic rings. The molecular weight excluding hydrogens is 656 g/mol. The fraction of sp³-hybridized carbons (Fsp3) is 0.600. The fourth-order valence-corrected chi connectivity index (χ4v) is 6.98. The number of rotatable bonds is 11. The molecule has 4 saturated heterocycles. The summed E-state index contributed by atoms with van der Waals surface area (Å²) in [7, 11) is 0. The number of amides is 3. The van der Waals surface area contributed by atoms with Gasteiger partial charge in [0.25, 0.3) is 0 Å². The first-order valence-electron chi connectivity index (χ1n) is 16.4. The second-order valence-electron chi connectivity index (χ2n) is 13.1. The van der Waals surface area contributed by atoms with Crippen LogP contribution in [0.2, 0.25) is 0 Å². The van der Waals surface area contributed by atoms with E-state index in [0.717, 1.165) is 19.4 Å². The van der Waals surface area contributed by atoms with Crippen LogP contribution in [-0.4, -0.2) is 113 Å². The molecule has 19 heteroatoms. The van der Waals surface area contributed by atoms with E-state index in [4.69, 9.17) is 22.2 Å². The topological polar surface area (TPSA) is 267 Å². The number of nitrogens with zero attached hydrogens (tertiary/aromatic N) is 6. The number of isocyanates is 1. The number of nitrogens with two attached hydrogens (primary N) is 3. The number of piperidine rings is 2. The summed E-state index contributed by atoms with van der Waals surface area (Å²) in [5.41, 5.74) is 19.5. The first-order chi connectivity index (χ1) is 23.1. The number of hydrogen-bond donors (Lipinski definition) is 9. The summed E-state index contributed by atoms with van der Waals surface area (Å²) in [5, 5.41) is 26.0. The number of carbonyl (C=O) groups excluding carboxylic acids is 3. The normalized spacial score (nSPS) is 27.7. The number of nitrogens with one attached hydrogen (secondary N) is 5. The summed E-state index contributed by atoms with van der Waals surface area (Å²) < 4.78 is 0. The number of carbonyl (C=O) groups is 2. The summed E-state index contributed by atoms with van der Waals surface area (Å²) >= 11 is 0. The largest absolute Gasteiger partial charge is 0.506 e. The summed E-state index contributed by atoms with van der Waals surface area (Å²) in [4.78, 5) is 56.9. The standard InChI is InChI=1S/C30H44N14O4.ClH/c31-16-7-17(32)12-43(11-16)28-40-27(41-29(42-28)44-13-18(33)8-20(14-44)35-15-45)36-19-5-6-21(24(46)9-19)37-25(47)4-2-1-3-22-26-23(10-34-22)38-30(48)39-26;/h5-6,9,16-18,20,22-23,26,34,46H,1-4,7-8,10-14,31-33H2,(H,37,47)(H2,38,39,48)(H,36,40,41,42);1H/t16-,17+,18-,20+,22+,23?,26?;/m1./s1. The Bertz CT molecular complexity index is 1540. The summed E-state index contributed by atoms with van der Waals surface area (Å²) in [6.45, 7) is 2.60. The molecule has 4 aliphatic rings. The van der Waals surface area contributed by atoms with Crippen LogP contribution in [0.5, 0.6) is 5.75 Å². The van der Waals surface area contributed by atoms with Gasteiger partial charge in [-0.05, 0) is 37.8 Å². The predicted octanol–water partition coefficient (Wildman–Crippen LogP) is -0.630. The van der Waals surface area contributed by atoms with E-state index in [9.17, 15) is 19.5 Å². The van der Waals surface area contributed by atoms with Crippen molar-refractivity contribution in [3.8, 4) is 5.75 Å². The highest BCUT2D eigenvalue weighted by Gasteiger charge is 2.41. The van der Waals surface area contributed by atoms with Crippen molar-refractivity contribution < 1.29 is 19.5 Å². The van der Waals surface area contributed by atoms with Crippen LogP contribution in [-0.2, 0) is 9.59 Å². The fourth-order valence-electron chi connectivity index (χ4n) is 6.98. The number of halogens is 1. The molecule has 4 aliphatic heterocycles. The summed E-state index contributed by atoms with van der Waals surface area (Å²) in [5.74, 6) is 0.602. The predicted molar refractivity (Wildman–Crippen MR) is 186 cm³/mol. The highest BCUT2D eigenvalue weighted by atomic mass is 35.5. The Hall–Kier alpha value is -4.32. The van der Waals surface area contributed by atoms with Crippen molar-refractivity contribution in [2.75, 3.05) is 53.2 Å². The molecule has 0 saturated carbocycles. The average molecular weight is 701 g/mol. The molecule has 7 atom stereocenters. The SMILES string of the molecule is Cl.N[C@@H]1C[C@H](N)CN(c2nc(Nc3ccc(NC(=O)CCCC[C@@H]4NCC5NC(=O)NC54)c(O)c3)nc(N3C[C@H](N)C[C@H](N=C=O)C3)n2)C1. The van der Waals surface area contributed by atoms with Crippen LogP contribution in [0.4, 0.5) is 34.0 Å². The highest BCUT2D eigenvalue weighted by molar-refractivity contribution is 5.92. The van der Waals surface area contributed by atoms with Gasteiger partial charge >= 0.3 is 6.03 Å². The van der Waals surface area contributed by atoms with Crippen molar-refractivity contribution in [1.29, 1.82) is 0 Å². The third kappa shape index (κ3) is 9.03. The first kappa shape index (κ1) is 36.0. The zero-order chi connectivity index (χ0) is 33.8. The van der Waals surface area contributed by atoms with Crippen molar-refractivity contribution in [2.45, 2.75) is 80.8 Å². The van der Waals surface area contributed by atoms with Crippen molar-refractivity contribution in [3.05, 3.63) is 18.2 Å². The van der Waals surface area contributed by atoms with Crippen molar-refractivity contribution >= 4 is 59.6 Å². The number of fused-ring (bicyclic) bond motifs is 1. The molecular formula is C30H45ClN14O4. The average Bonchev–Trinajstić information content (AvgIpc) is 3.59. The molecule has 18 nitrogen and oxygen atoms in total. The van der Waals surface area contributed by atoms with Crippen molar-refractivity contribution in [2.24, 2.45) is 22.2 Å². The van der Waals surface area contributed by atoms with E-state index in [0.29, 0.717) is 69.4 Å². The molecule has 12 N–H and O–H groups in total. The maximum atomic E-state index is 12.7. The molecule has 2 unspecified atom stereocenters. The third-order valence-electron chi connectivity index (χ3n) is 9.17. The Morgan fingerprint density at radius 1 is 1.00 bits per heavy atom. The van der Waals surface area contributed by atoms with Gasteiger partial charge < -0.3 is 58.7 Å². The van der Waals surface area contributed by atoms with Crippen LogP contribution in [0.1, 0.15) is 38.5 Å². The molecule has 49 heavy (non-hydrogen) atoms. The number of urea groups is 1. The second-order valence-corrected chi connectivity index (χ2v) is 13.1. The molecule has 266 valence electrons. The Balaban J connectivity index is 0.00000468. The number of anilines is 5. The maximum Gasteiger partial charge on any atom is 0.315 e. The smallest absolute Gasteiger partial charge is 0.315 e. The first-order valence-corrected chi connectivity index (χ1v) is 16.4. The minimum absolute atomic E-state index is 0. The summed E-state index contributed by atoms with van der Waals surface area (Å²) in [6.07, 6.45) is 5.49. The lowest BCUT2D eigenvalue weighted by molar-refractivity contribution is -0.116. The number of aromatic nitrogens is 3. The lowest BCUT2D eigenvalue weighted by Crippen LogP contribution is -2.53. The minimum atomic E-state index is -0.342. The lowest BCUT2D eigenvalue weighted by Gasteiger charge is -2.36. The molecule has 1 aromatic carbocycles. The second kappa shape index (κ2) is 15.9. The van der Waals surface area contributed by atoms with E-state index < -0.39 is 0 Å². The maximum absolute atomic E-state index is 12.7. The van der Waals surface area contributed by atoms with Gasteiger partial charge in [-0.25, -0.2) is 14.6 Å². The van der Waals surface area contributed by atoms with Crippen LogP contribution in [0.3, 0.4) is 0 Å². The van der Waals surface area contributed by atoms with E-state index in [1.165, 1.54) is 6.07 Å². The van der Waals surface area contributed by atoms with Gasteiger partial charge in [-0.15, -0.1) is 12.4 Å². The summed E-state index contributed by atoms with van der Waals surface area (Å²) in [6, 6.07) is 4.12. The quantitative estimate of drug-likeness (QED) is 0.0612. The zero-order valence-corrected chi connectivity index (χ0v) is 27.9. The Morgan fingerprint density at radius 2 is 1.69 bits per heavy atom. The molecule has 6 rings (SSSR count). The monoisotopic (exact) mass is 700 g/mol. The van der Waals surface area contributed by atoms with Gasteiger partial charge in [0, 0.05) is 75.1 Å². The lowest BCUT2D eigenvalue weighted by atomic mass is 10.0. The number of phenols is 1. The number of hydrogen-bond acceptors (Lipinski definition) is 15. The van der Waals surface area contributed by atoms with Crippen LogP contribution >= 0.6 is 12.4 Å². The van der Waals surface area contributed by atoms with Crippen LogP contribution < -0.4 is 53.6 Å². The van der Waals surface area contributed by atoms with E-state index in [1.807, 2.05) is 9.80 Å². The van der Waals surface area contributed by atoms with Gasteiger partial charge in [-0.1, -0.05) is 6.42 Å². The third-order valence-corrected chi connectivity index (χ3v) is 9.17. The van der Waals surface area contributed by atoms with Crippen LogP contribution in [0.25, 0.3) is 0 Å². The van der Waals surface area contributed by atoms with Crippen molar-refractivity contribution in [1.82, 2.24) is 30.9 Å². The van der Waals surface area contributed by atoms with Gasteiger partial charge in [0.15, 0.2) is 0 Å². The molecule has 0 aliphatic carbocycles. The van der Waals surface area contributed by atoms with Gasteiger partial charge in [0.2, 0.25) is 29.8 Å². The van der Waals surface area contributed by atoms with Gasteiger partial charge in [0.05, 0.1) is 23.8 Å². The molecule has 1 aromatic heterocycles. The zero-order valence-electron chi connectivity index (χ0n) is 27.0. The molecule has 0 bridgehead atoms. The number of aromatic hydroxyl groups is 1. The molecule has 3 amide bonds. The van der Waals surface area contributed by atoms with Gasteiger partial charge in [0.1, 0.15) is 5.75 Å². The van der Waals surface area contributed by atoms with E-state index in [1.54, 1.807) is 18.2 Å². The molecule has 0 radical (unpaired) electrons. The highest BCUT2D eigenvalue weighted by Crippen LogP contribution is 2.30. The number of benzene rings is 1. The van der Waals surface area contributed by atoms with Crippen LogP contribution in [0, 0.1) is 0 Å².